The normalized spacial score (nSPS) is 9.34. The Hall–Kier alpha value is -2.57. The average Bonchev–Trinajstić information content (AvgIpc) is 3.30. The maximum atomic E-state index is 10.8. The molecule has 2 aromatic heterocycles. The lowest BCUT2D eigenvalue weighted by molar-refractivity contribution is 0.101. The van der Waals surface area contributed by atoms with Crippen LogP contribution < -0.4 is 14.4 Å². The van der Waals surface area contributed by atoms with Crippen LogP contribution in [0, 0.1) is 5.92 Å². The number of Topliss-reactive ketones (excluding diaryl/α,β-unsaturated/α-hetero) is 1. The first-order chi connectivity index (χ1) is 15.4. The number of hydrogen-bond acceptors (Lipinski definition) is 6. The maximum Gasteiger partial charge on any atom is 0.234 e. The standard InChI is InChI=1S/C13H25N3O.C8H9NO2.2C2H6/c1-5-7-16(8-6-2)12-9-13(15-14-12)17-10-11(3)4;1-6(10)7-4-3-5-8(9-7)11-2;2*1-2/h9,11H,5-8,10H2,1-4H3,(H,14,15);3-5H,1-2H3;2*1-2H3. The molecule has 7 heteroatoms. The predicted molar refractivity (Wildman–Crippen MR) is 135 cm³/mol. The van der Waals surface area contributed by atoms with E-state index in [0.717, 1.165) is 31.7 Å². The summed E-state index contributed by atoms with van der Waals surface area (Å²) in [5.41, 5.74) is 0.435. The number of aromatic amines is 1. The molecule has 32 heavy (non-hydrogen) atoms. The van der Waals surface area contributed by atoms with E-state index in [1.807, 2.05) is 33.8 Å². The molecule has 0 spiro atoms. The fourth-order valence-corrected chi connectivity index (χ4v) is 2.40. The SMILES string of the molecule is CC.CC.CCCN(CCC)c1cc(OCC(C)C)n[nH]1.COc1cccc(C(C)=O)n1. The summed E-state index contributed by atoms with van der Waals surface area (Å²) in [6.07, 6.45) is 2.28. The molecular weight excluding hydrogens is 404 g/mol. The molecule has 0 aliphatic rings. The van der Waals surface area contributed by atoms with E-state index in [1.54, 1.807) is 18.2 Å². The number of H-pyrrole nitrogens is 1. The van der Waals surface area contributed by atoms with Crippen molar-refractivity contribution in [2.75, 3.05) is 31.7 Å². The molecule has 0 radical (unpaired) electrons. The summed E-state index contributed by atoms with van der Waals surface area (Å²) in [4.78, 5) is 17.0. The number of aromatic nitrogens is 3. The monoisotopic (exact) mass is 450 g/mol. The molecule has 0 unspecified atom stereocenters. The smallest absolute Gasteiger partial charge is 0.234 e. The van der Waals surface area contributed by atoms with E-state index in [1.165, 1.54) is 14.0 Å². The highest BCUT2D eigenvalue weighted by Gasteiger charge is 2.09. The van der Waals surface area contributed by atoms with Crippen molar-refractivity contribution in [2.24, 2.45) is 5.92 Å². The summed E-state index contributed by atoms with van der Waals surface area (Å²) in [5.74, 6) is 2.71. The molecule has 2 aromatic rings. The fourth-order valence-electron chi connectivity index (χ4n) is 2.40. The van der Waals surface area contributed by atoms with Crippen LogP contribution in [0.15, 0.2) is 24.3 Å². The van der Waals surface area contributed by atoms with Crippen molar-refractivity contribution in [1.82, 2.24) is 15.2 Å². The highest BCUT2D eigenvalue weighted by atomic mass is 16.5. The lowest BCUT2D eigenvalue weighted by Gasteiger charge is -2.20. The second kappa shape index (κ2) is 20.3. The number of methoxy groups -OCH3 is 1. The zero-order chi connectivity index (χ0) is 24.9. The number of carbonyl (C=O) groups is 1. The first-order valence-electron chi connectivity index (χ1n) is 11.9. The Morgan fingerprint density at radius 3 is 2.12 bits per heavy atom. The van der Waals surface area contributed by atoms with E-state index in [4.69, 9.17) is 9.47 Å². The molecule has 0 aliphatic carbocycles. The largest absolute Gasteiger partial charge is 0.481 e. The second-order valence-corrected chi connectivity index (χ2v) is 6.90. The Balaban J connectivity index is 0. The number of rotatable bonds is 10. The fraction of sp³-hybridized carbons (Fsp3) is 0.640. The van der Waals surface area contributed by atoms with E-state index in [0.29, 0.717) is 30.0 Å². The van der Waals surface area contributed by atoms with Gasteiger partial charge in [-0.3, -0.25) is 9.89 Å². The maximum absolute atomic E-state index is 10.8. The van der Waals surface area contributed by atoms with E-state index in [2.05, 4.69) is 47.8 Å². The van der Waals surface area contributed by atoms with Gasteiger partial charge in [-0.15, -0.1) is 5.10 Å². The third-order valence-corrected chi connectivity index (χ3v) is 3.73. The van der Waals surface area contributed by atoms with Crippen molar-refractivity contribution in [3.63, 3.8) is 0 Å². The number of nitrogens with zero attached hydrogens (tertiary/aromatic N) is 3. The van der Waals surface area contributed by atoms with Gasteiger partial charge in [-0.2, -0.15) is 0 Å². The number of ether oxygens (including phenoxy) is 2. The van der Waals surface area contributed by atoms with Crippen LogP contribution in [-0.2, 0) is 0 Å². The van der Waals surface area contributed by atoms with Crippen LogP contribution >= 0.6 is 0 Å². The van der Waals surface area contributed by atoms with Crippen molar-refractivity contribution in [3.05, 3.63) is 30.0 Å². The van der Waals surface area contributed by atoms with Gasteiger partial charge in [-0.25, -0.2) is 4.98 Å². The summed E-state index contributed by atoms with van der Waals surface area (Å²) in [6, 6.07) is 7.09. The number of carbonyl (C=O) groups excluding carboxylic acids is 1. The second-order valence-electron chi connectivity index (χ2n) is 6.90. The zero-order valence-corrected chi connectivity index (χ0v) is 22.0. The van der Waals surface area contributed by atoms with Gasteiger partial charge in [0.15, 0.2) is 5.78 Å². The highest BCUT2D eigenvalue weighted by Crippen LogP contribution is 2.18. The van der Waals surface area contributed by atoms with Crippen LogP contribution in [-0.4, -0.2) is 47.8 Å². The molecule has 7 nitrogen and oxygen atoms in total. The van der Waals surface area contributed by atoms with Gasteiger partial charge >= 0.3 is 0 Å². The molecule has 2 heterocycles. The van der Waals surface area contributed by atoms with Gasteiger partial charge in [-0.1, -0.05) is 61.5 Å². The Kier molecular flexibility index (Phi) is 20.1. The van der Waals surface area contributed by atoms with Gasteiger partial charge in [0.05, 0.1) is 13.7 Å². The number of anilines is 1. The number of pyridine rings is 1. The quantitative estimate of drug-likeness (QED) is 0.421. The van der Waals surface area contributed by atoms with Crippen LogP contribution in [0.5, 0.6) is 11.8 Å². The third-order valence-electron chi connectivity index (χ3n) is 3.73. The molecule has 0 fully saturated rings. The first kappa shape index (κ1) is 31.6. The topological polar surface area (TPSA) is 80.3 Å². The Labute approximate surface area is 195 Å². The Bertz CT molecular complexity index is 696. The van der Waals surface area contributed by atoms with E-state index >= 15 is 0 Å². The van der Waals surface area contributed by atoms with Gasteiger partial charge in [0.2, 0.25) is 11.8 Å². The van der Waals surface area contributed by atoms with Crippen molar-refractivity contribution in [2.45, 2.75) is 75.2 Å². The minimum absolute atomic E-state index is 0.0519. The lowest BCUT2D eigenvalue weighted by Crippen LogP contribution is -2.25. The Morgan fingerprint density at radius 1 is 1.06 bits per heavy atom. The summed E-state index contributed by atoms with van der Waals surface area (Å²) in [7, 11) is 1.52. The summed E-state index contributed by atoms with van der Waals surface area (Å²) in [5, 5.41) is 7.23. The van der Waals surface area contributed by atoms with E-state index in [9.17, 15) is 4.79 Å². The van der Waals surface area contributed by atoms with Crippen LogP contribution in [0.4, 0.5) is 5.82 Å². The minimum atomic E-state index is -0.0519. The van der Waals surface area contributed by atoms with E-state index in [-0.39, 0.29) is 5.78 Å². The van der Waals surface area contributed by atoms with Crippen molar-refractivity contribution in [1.29, 1.82) is 0 Å². The van der Waals surface area contributed by atoms with E-state index < -0.39 is 0 Å². The predicted octanol–water partition coefficient (Wildman–Crippen LogP) is 6.42. The molecular formula is C25H46N4O3. The van der Waals surface area contributed by atoms with Gasteiger partial charge in [0.1, 0.15) is 11.5 Å². The molecule has 0 aliphatic heterocycles. The molecule has 0 saturated heterocycles. The molecule has 0 aromatic carbocycles. The molecule has 0 atom stereocenters. The average molecular weight is 451 g/mol. The molecule has 184 valence electrons. The van der Waals surface area contributed by atoms with Gasteiger partial charge in [0, 0.05) is 32.1 Å². The third kappa shape index (κ3) is 13.7. The Morgan fingerprint density at radius 2 is 1.66 bits per heavy atom. The summed E-state index contributed by atoms with van der Waals surface area (Å²) in [6.45, 7) is 20.9. The minimum Gasteiger partial charge on any atom is -0.481 e. The molecule has 1 N–H and O–H groups in total. The summed E-state index contributed by atoms with van der Waals surface area (Å²) < 4.78 is 10.4. The molecule has 2 rings (SSSR count). The van der Waals surface area contributed by atoms with Crippen LogP contribution in [0.3, 0.4) is 0 Å². The van der Waals surface area contributed by atoms with Crippen molar-refractivity contribution >= 4 is 11.6 Å². The van der Waals surface area contributed by atoms with Gasteiger partial charge in [-0.05, 0) is 24.8 Å². The number of hydrogen-bond donors (Lipinski definition) is 1. The van der Waals surface area contributed by atoms with Crippen molar-refractivity contribution in [3.8, 4) is 11.8 Å². The van der Waals surface area contributed by atoms with Gasteiger partial charge < -0.3 is 14.4 Å². The zero-order valence-electron chi connectivity index (χ0n) is 22.0. The molecule has 0 amide bonds. The molecule has 0 bridgehead atoms. The summed E-state index contributed by atoms with van der Waals surface area (Å²) >= 11 is 0. The molecule has 0 saturated carbocycles. The number of nitrogens with one attached hydrogen (secondary N) is 1. The first-order valence-corrected chi connectivity index (χ1v) is 11.9. The van der Waals surface area contributed by atoms with Crippen LogP contribution in [0.1, 0.15) is 85.6 Å². The van der Waals surface area contributed by atoms with Crippen LogP contribution in [0.2, 0.25) is 0 Å². The highest BCUT2D eigenvalue weighted by molar-refractivity contribution is 5.92. The van der Waals surface area contributed by atoms with Gasteiger partial charge in [0.25, 0.3) is 0 Å². The van der Waals surface area contributed by atoms with Crippen molar-refractivity contribution < 1.29 is 14.3 Å². The lowest BCUT2D eigenvalue weighted by atomic mass is 10.2. The van der Waals surface area contributed by atoms with Crippen LogP contribution in [0.25, 0.3) is 0 Å². The number of ketones is 1.